The maximum absolute atomic E-state index is 5.51. The Morgan fingerprint density at radius 1 is 1.24 bits per heavy atom. The van der Waals surface area contributed by atoms with Gasteiger partial charge in [-0.2, -0.15) is 15.1 Å². The molecule has 1 atom stereocenters. The summed E-state index contributed by atoms with van der Waals surface area (Å²) in [5.41, 5.74) is 1.91. The minimum atomic E-state index is -0.951. The average molecular weight is 342 g/mol. The summed E-state index contributed by atoms with van der Waals surface area (Å²) in [5, 5.41) is 18.0. The third-order valence-electron chi connectivity index (χ3n) is 4.37. The molecule has 1 saturated heterocycles. The molecule has 4 rings (SSSR count). The molecule has 0 amide bonds. The molecule has 25 heavy (non-hydrogen) atoms. The lowest BCUT2D eigenvalue weighted by Gasteiger charge is -2.35. The Morgan fingerprint density at radius 2 is 2.08 bits per heavy atom. The number of benzene rings is 1. The van der Waals surface area contributed by atoms with Gasteiger partial charge in [0.05, 0.1) is 11.7 Å². The van der Waals surface area contributed by atoms with Crippen LogP contribution in [0.2, 0.25) is 0 Å². The standard InChI is InChI=1S/C16H22N8O/c1-16(25-2)21-14(20-15(22-16)24-7-5-17-6-8-24)19-12-3-4-13-11(9-12)10-18-23-13/h3-4,9-10,17H,5-8H2,1-2H3,(H,18,23)(H2,19,20,21,22). The second-order valence-electron chi connectivity index (χ2n) is 6.19. The van der Waals surface area contributed by atoms with Crippen molar-refractivity contribution in [2.75, 3.05) is 38.6 Å². The molecule has 9 heteroatoms. The Balaban J connectivity index is 1.57. The summed E-state index contributed by atoms with van der Waals surface area (Å²) in [6.07, 6.45) is 1.80. The van der Waals surface area contributed by atoms with Crippen molar-refractivity contribution in [3.8, 4) is 0 Å². The second-order valence-corrected chi connectivity index (χ2v) is 6.19. The van der Waals surface area contributed by atoms with Gasteiger partial charge >= 0.3 is 0 Å². The van der Waals surface area contributed by atoms with E-state index in [9.17, 15) is 0 Å². The highest BCUT2D eigenvalue weighted by Crippen LogP contribution is 2.20. The van der Waals surface area contributed by atoms with Crippen molar-refractivity contribution < 1.29 is 4.74 Å². The van der Waals surface area contributed by atoms with Gasteiger partial charge in [0.15, 0.2) is 0 Å². The van der Waals surface area contributed by atoms with Crippen LogP contribution in [0.1, 0.15) is 6.92 Å². The predicted octanol–water partition coefficient (Wildman–Crippen LogP) is 0.515. The zero-order valence-electron chi connectivity index (χ0n) is 14.3. The number of aromatic amines is 1. The van der Waals surface area contributed by atoms with Crippen LogP contribution >= 0.6 is 0 Å². The fourth-order valence-corrected chi connectivity index (χ4v) is 2.92. The van der Waals surface area contributed by atoms with Crippen molar-refractivity contribution in [2.24, 2.45) is 9.98 Å². The van der Waals surface area contributed by atoms with Gasteiger partial charge in [-0.15, -0.1) is 0 Å². The van der Waals surface area contributed by atoms with Crippen molar-refractivity contribution >= 4 is 28.5 Å². The number of nitrogens with zero attached hydrogens (tertiary/aromatic N) is 4. The first-order chi connectivity index (χ1) is 12.1. The Labute approximate surface area is 145 Å². The van der Waals surface area contributed by atoms with Gasteiger partial charge in [-0.25, -0.2) is 0 Å². The smallest absolute Gasteiger partial charge is 0.259 e. The number of aliphatic imine (C=N–C) groups is 2. The second kappa shape index (κ2) is 6.34. The van der Waals surface area contributed by atoms with Crippen LogP contribution in [0.15, 0.2) is 34.4 Å². The van der Waals surface area contributed by atoms with Crippen molar-refractivity contribution in [1.29, 1.82) is 0 Å². The molecule has 0 bridgehead atoms. The van der Waals surface area contributed by atoms with Gasteiger partial charge in [0.2, 0.25) is 11.9 Å². The summed E-state index contributed by atoms with van der Waals surface area (Å²) in [6.45, 7) is 5.49. The van der Waals surface area contributed by atoms with Crippen LogP contribution in [0, 0.1) is 0 Å². The van der Waals surface area contributed by atoms with Crippen molar-refractivity contribution in [3.05, 3.63) is 24.4 Å². The molecule has 2 aromatic rings. The number of H-pyrrole nitrogens is 1. The number of methoxy groups -OCH3 is 1. The van der Waals surface area contributed by atoms with E-state index >= 15 is 0 Å². The van der Waals surface area contributed by atoms with E-state index in [1.807, 2.05) is 25.1 Å². The Hall–Kier alpha value is -2.65. The molecule has 4 N–H and O–H groups in total. The van der Waals surface area contributed by atoms with E-state index in [-0.39, 0.29) is 0 Å². The van der Waals surface area contributed by atoms with Gasteiger partial charge in [0.25, 0.3) is 5.85 Å². The summed E-state index contributed by atoms with van der Waals surface area (Å²) < 4.78 is 5.51. The largest absolute Gasteiger partial charge is 0.340 e. The molecule has 1 unspecified atom stereocenters. The molecule has 0 spiro atoms. The highest BCUT2D eigenvalue weighted by Gasteiger charge is 2.30. The minimum Gasteiger partial charge on any atom is -0.340 e. The SMILES string of the molecule is COC1(C)N=C(Nc2ccc3[nH]ncc3c2)NC(N2CCNCC2)=N1. The summed E-state index contributed by atoms with van der Waals surface area (Å²) in [7, 11) is 1.61. The first-order valence-corrected chi connectivity index (χ1v) is 8.33. The number of rotatable bonds is 2. The van der Waals surface area contributed by atoms with Crippen LogP contribution in [0.5, 0.6) is 0 Å². The third kappa shape index (κ3) is 3.28. The first-order valence-electron chi connectivity index (χ1n) is 8.33. The van der Waals surface area contributed by atoms with Crippen LogP contribution < -0.4 is 16.0 Å². The van der Waals surface area contributed by atoms with E-state index in [2.05, 4.69) is 41.0 Å². The molecule has 1 fully saturated rings. The number of aromatic nitrogens is 2. The number of hydrogen-bond donors (Lipinski definition) is 4. The van der Waals surface area contributed by atoms with E-state index in [4.69, 9.17) is 4.74 Å². The van der Waals surface area contributed by atoms with Gasteiger partial charge in [0.1, 0.15) is 0 Å². The number of nitrogens with one attached hydrogen (secondary N) is 4. The molecule has 2 aliphatic rings. The Bertz CT molecular complexity index is 822. The van der Waals surface area contributed by atoms with E-state index < -0.39 is 5.85 Å². The zero-order valence-corrected chi connectivity index (χ0v) is 14.3. The molecule has 2 aliphatic heterocycles. The fraction of sp³-hybridized carbons (Fsp3) is 0.438. The van der Waals surface area contributed by atoms with Crippen LogP contribution in [-0.2, 0) is 4.74 Å². The third-order valence-corrected chi connectivity index (χ3v) is 4.37. The normalized spacial score (nSPS) is 23.8. The van der Waals surface area contributed by atoms with Crippen LogP contribution in [0.4, 0.5) is 5.69 Å². The lowest BCUT2D eigenvalue weighted by Crippen LogP contribution is -2.56. The quantitative estimate of drug-likeness (QED) is 0.634. The van der Waals surface area contributed by atoms with Gasteiger partial charge < -0.3 is 20.3 Å². The van der Waals surface area contributed by atoms with Crippen molar-refractivity contribution in [3.63, 3.8) is 0 Å². The molecule has 0 saturated carbocycles. The Kier molecular flexibility index (Phi) is 4.02. The zero-order chi connectivity index (χ0) is 17.3. The van der Waals surface area contributed by atoms with Crippen LogP contribution in [-0.4, -0.2) is 66.2 Å². The number of hydrogen-bond acceptors (Lipinski definition) is 8. The fourth-order valence-electron chi connectivity index (χ4n) is 2.92. The number of piperazine rings is 1. The van der Waals surface area contributed by atoms with E-state index in [0.717, 1.165) is 48.7 Å². The molecule has 132 valence electrons. The topological polar surface area (TPSA) is 102 Å². The average Bonchev–Trinajstić information content (AvgIpc) is 3.10. The summed E-state index contributed by atoms with van der Waals surface area (Å²) in [5.74, 6) is 0.427. The first kappa shape index (κ1) is 15.9. The van der Waals surface area contributed by atoms with E-state index in [1.54, 1.807) is 13.3 Å². The van der Waals surface area contributed by atoms with Gasteiger partial charge in [-0.05, 0) is 18.2 Å². The molecule has 1 aromatic carbocycles. The predicted molar refractivity (Wildman–Crippen MR) is 97.6 cm³/mol. The minimum absolute atomic E-state index is 0.607. The van der Waals surface area contributed by atoms with E-state index in [0.29, 0.717) is 5.96 Å². The molecule has 1 aromatic heterocycles. The molecule has 3 heterocycles. The lowest BCUT2D eigenvalue weighted by atomic mass is 10.2. The highest BCUT2D eigenvalue weighted by molar-refractivity contribution is 6.07. The number of guanidine groups is 2. The number of anilines is 1. The molecule has 9 nitrogen and oxygen atoms in total. The number of ether oxygens (including phenoxy) is 1. The lowest BCUT2D eigenvalue weighted by molar-refractivity contribution is 0.0189. The summed E-state index contributed by atoms with van der Waals surface area (Å²) in [6, 6.07) is 5.98. The molecular weight excluding hydrogens is 320 g/mol. The van der Waals surface area contributed by atoms with Gasteiger partial charge in [-0.3, -0.25) is 10.4 Å². The van der Waals surface area contributed by atoms with E-state index in [1.165, 1.54) is 0 Å². The van der Waals surface area contributed by atoms with Crippen LogP contribution in [0.25, 0.3) is 10.9 Å². The number of fused-ring (bicyclic) bond motifs is 1. The summed E-state index contributed by atoms with van der Waals surface area (Å²) in [4.78, 5) is 11.4. The van der Waals surface area contributed by atoms with Crippen LogP contribution in [0.3, 0.4) is 0 Å². The summed E-state index contributed by atoms with van der Waals surface area (Å²) >= 11 is 0. The molecule has 0 radical (unpaired) electrons. The highest BCUT2D eigenvalue weighted by atomic mass is 16.5. The maximum atomic E-state index is 5.51. The van der Waals surface area contributed by atoms with Crippen molar-refractivity contribution in [1.82, 2.24) is 25.7 Å². The van der Waals surface area contributed by atoms with Gasteiger partial charge in [-0.1, -0.05) is 0 Å². The van der Waals surface area contributed by atoms with Crippen molar-refractivity contribution in [2.45, 2.75) is 12.8 Å². The monoisotopic (exact) mass is 342 g/mol. The maximum Gasteiger partial charge on any atom is 0.259 e. The Morgan fingerprint density at radius 3 is 2.88 bits per heavy atom. The van der Waals surface area contributed by atoms with Gasteiger partial charge in [0, 0.05) is 51.3 Å². The molecular formula is C16H22N8O. The molecule has 0 aliphatic carbocycles.